The summed E-state index contributed by atoms with van der Waals surface area (Å²) in [4.78, 5) is 16.7. The molecule has 1 amide bonds. The SMILES string of the molecule is O=C(CN1CCN(C[C@H](O)C2CC2)CC1)NC1CCCCC1. The van der Waals surface area contributed by atoms with Crippen molar-refractivity contribution in [1.29, 1.82) is 0 Å². The Morgan fingerprint density at radius 3 is 2.27 bits per heavy atom. The predicted molar refractivity (Wildman–Crippen MR) is 86.6 cm³/mol. The molecule has 2 saturated carbocycles. The quantitative estimate of drug-likeness (QED) is 0.763. The molecular weight excluding hydrogens is 278 g/mol. The Balaban J connectivity index is 1.31. The molecule has 1 aliphatic heterocycles. The highest BCUT2D eigenvalue weighted by molar-refractivity contribution is 5.78. The van der Waals surface area contributed by atoms with Gasteiger partial charge in [0.05, 0.1) is 12.6 Å². The van der Waals surface area contributed by atoms with Gasteiger partial charge in [0.1, 0.15) is 0 Å². The van der Waals surface area contributed by atoms with E-state index in [1.807, 2.05) is 0 Å². The minimum absolute atomic E-state index is 0.138. The monoisotopic (exact) mass is 309 g/mol. The third-order valence-corrected chi connectivity index (χ3v) is 5.41. The van der Waals surface area contributed by atoms with Crippen LogP contribution in [0, 0.1) is 5.92 Å². The standard InChI is InChI=1S/C17H31N3O2/c21-16(14-6-7-14)12-19-8-10-20(11-9-19)13-17(22)18-15-4-2-1-3-5-15/h14-16,21H,1-13H2,(H,18,22)/t16-/m0/s1. The van der Waals surface area contributed by atoms with Crippen molar-refractivity contribution < 1.29 is 9.90 Å². The van der Waals surface area contributed by atoms with Crippen molar-refractivity contribution in [3.63, 3.8) is 0 Å². The van der Waals surface area contributed by atoms with Crippen LogP contribution in [0.25, 0.3) is 0 Å². The molecule has 5 heteroatoms. The second-order valence-corrected chi connectivity index (χ2v) is 7.38. The van der Waals surface area contributed by atoms with Gasteiger partial charge in [0.15, 0.2) is 0 Å². The molecule has 3 fully saturated rings. The number of rotatable bonds is 6. The van der Waals surface area contributed by atoms with E-state index in [1.165, 1.54) is 32.1 Å². The number of amides is 1. The number of hydrogen-bond acceptors (Lipinski definition) is 4. The molecule has 2 aliphatic carbocycles. The van der Waals surface area contributed by atoms with Crippen LogP contribution in [0.3, 0.4) is 0 Å². The van der Waals surface area contributed by atoms with E-state index in [-0.39, 0.29) is 12.0 Å². The number of nitrogens with zero attached hydrogens (tertiary/aromatic N) is 2. The molecule has 1 heterocycles. The average Bonchev–Trinajstić information content (AvgIpc) is 3.35. The molecule has 1 atom stereocenters. The molecule has 1 saturated heterocycles. The molecule has 0 bridgehead atoms. The Bertz CT molecular complexity index is 359. The molecule has 2 N–H and O–H groups in total. The minimum atomic E-state index is -0.138. The normalized spacial score (nSPS) is 26.8. The van der Waals surface area contributed by atoms with Gasteiger partial charge in [-0.15, -0.1) is 0 Å². The molecule has 3 aliphatic rings. The molecule has 3 rings (SSSR count). The number of carbonyl (C=O) groups excluding carboxylic acids is 1. The lowest BCUT2D eigenvalue weighted by Gasteiger charge is -2.35. The van der Waals surface area contributed by atoms with Gasteiger partial charge in [-0.1, -0.05) is 19.3 Å². The highest BCUT2D eigenvalue weighted by Gasteiger charge is 2.31. The second kappa shape index (κ2) is 7.75. The Hall–Kier alpha value is -0.650. The summed E-state index contributed by atoms with van der Waals surface area (Å²) in [6, 6.07) is 0.413. The van der Waals surface area contributed by atoms with Gasteiger partial charge < -0.3 is 10.4 Å². The Morgan fingerprint density at radius 2 is 1.64 bits per heavy atom. The zero-order chi connectivity index (χ0) is 15.4. The third kappa shape index (κ3) is 4.93. The first kappa shape index (κ1) is 16.2. The molecule has 126 valence electrons. The molecule has 22 heavy (non-hydrogen) atoms. The van der Waals surface area contributed by atoms with Gasteiger partial charge in [0.2, 0.25) is 5.91 Å². The number of aliphatic hydroxyl groups excluding tert-OH is 1. The van der Waals surface area contributed by atoms with Gasteiger partial charge >= 0.3 is 0 Å². The van der Waals surface area contributed by atoms with Crippen LogP contribution in [-0.4, -0.2) is 72.2 Å². The maximum Gasteiger partial charge on any atom is 0.234 e. The van der Waals surface area contributed by atoms with E-state index in [0.717, 1.165) is 45.6 Å². The van der Waals surface area contributed by atoms with E-state index < -0.39 is 0 Å². The van der Waals surface area contributed by atoms with Crippen LogP contribution in [0.2, 0.25) is 0 Å². The zero-order valence-electron chi connectivity index (χ0n) is 13.7. The van der Waals surface area contributed by atoms with Crippen LogP contribution in [0.1, 0.15) is 44.9 Å². The summed E-state index contributed by atoms with van der Waals surface area (Å²) < 4.78 is 0. The van der Waals surface area contributed by atoms with Crippen molar-refractivity contribution in [3.8, 4) is 0 Å². The Labute approximate surface area is 134 Å². The van der Waals surface area contributed by atoms with Crippen molar-refractivity contribution in [3.05, 3.63) is 0 Å². The molecule has 5 nitrogen and oxygen atoms in total. The highest BCUT2D eigenvalue weighted by atomic mass is 16.3. The number of nitrogens with one attached hydrogen (secondary N) is 1. The number of carbonyl (C=O) groups is 1. The average molecular weight is 309 g/mol. The summed E-state index contributed by atoms with van der Waals surface area (Å²) in [6.45, 7) is 5.17. The fourth-order valence-electron chi connectivity index (χ4n) is 3.75. The highest BCUT2D eigenvalue weighted by Crippen LogP contribution is 2.32. The molecule has 0 aromatic rings. The van der Waals surface area contributed by atoms with Gasteiger partial charge in [0.25, 0.3) is 0 Å². The van der Waals surface area contributed by atoms with Crippen molar-refractivity contribution in [1.82, 2.24) is 15.1 Å². The van der Waals surface area contributed by atoms with Crippen LogP contribution < -0.4 is 5.32 Å². The number of β-amino-alcohol motifs (C(OH)–C–C–N with tert-alkyl or cyclic N) is 1. The van der Waals surface area contributed by atoms with Gasteiger partial charge in [-0.2, -0.15) is 0 Å². The van der Waals surface area contributed by atoms with E-state index in [0.29, 0.717) is 18.5 Å². The summed E-state index contributed by atoms with van der Waals surface area (Å²) in [5.41, 5.74) is 0. The first-order chi connectivity index (χ1) is 10.7. The number of aliphatic hydroxyl groups is 1. The van der Waals surface area contributed by atoms with E-state index in [2.05, 4.69) is 15.1 Å². The maximum atomic E-state index is 12.1. The summed E-state index contributed by atoms with van der Waals surface area (Å²) in [6.07, 6.45) is 8.39. The third-order valence-electron chi connectivity index (χ3n) is 5.41. The smallest absolute Gasteiger partial charge is 0.234 e. The fraction of sp³-hybridized carbons (Fsp3) is 0.941. The van der Waals surface area contributed by atoms with Crippen LogP contribution in [0.15, 0.2) is 0 Å². The van der Waals surface area contributed by atoms with Crippen molar-refractivity contribution in [2.45, 2.75) is 57.1 Å². The van der Waals surface area contributed by atoms with E-state index in [9.17, 15) is 9.90 Å². The zero-order valence-corrected chi connectivity index (χ0v) is 13.7. The molecule has 0 spiro atoms. The first-order valence-electron chi connectivity index (χ1n) is 9.13. The van der Waals surface area contributed by atoms with Crippen LogP contribution in [0.4, 0.5) is 0 Å². The van der Waals surface area contributed by atoms with Gasteiger partial charge in [0, 0.05) is 38.8 Å². The lowest BCUT2D eigenvalue weighted by Crippen LogP contribution is -2.52. The van der Waals surface area contributed by atoms with Crippen LogP contribution in [-0.2, 0) is 4.79 Å². The summed E-state index contributed by atoms with van der Waals surface area (Å²) in [5, 5.41) is 13.2. The molecule has 0 aromatic carbocycles. The van der Waals surface area contributed by atoms with Gasteiger partial charge in [-0.25, -0.2) is 0 Å². The van der Waals surface area contributed by atoms with E-state index >= 15 is 0 Å². The minimum Gasteiger partial charge on any atom is -0.392 e. The Morgan fingerprint density at radius 1 is 1.00 bits per heavy atom. The first-order valence-corrected chi connectivity index (χ1v) is 9.13. The fourth-order valence-corrected chi connectivity index (χ4v) is 3.75. The molecule has 0 radical (unpaired) electrons. The topological polar surface area (TPSA) is 55.8 Å². The summed E-state index contributed by atoms with van der Waals surface area (Å²) in [5.74, 6) is 0.748. The van der Waals surface area contributed by atoms with Crippen molar-refractivity contribution >= 4 is 5.91 Å². The summed E-state index contributed by atoms with van der Waals surface area (Å²) >= 11 is 0. The van der Waals surface area contributed by atoms with E-state index in [1.54, 1.807) is 0 Å². The van der Waals surface area contributed by atoms with Gasteiger partial charge in [-0.05, 0) is 31.6 Å². The van der Waals surface area contributed by atoms with Crippen LogP contribution in [0.5, 0.6) is 0 Å². The number of piperazine rings is 1. The largest absolute Gasteiger partial charge is 0.392 e. The van der Waals surface area contributed by atoms with Crippen molar-refractivity contribution in [2.75, 3.05) is 39.3 Å². The molecular formula is C17H31N3O2. The number of hydrogen-bond donors (Lipinski definition) is 2. The Kier molecular flexibility index (Phi) is 5.71. The summed E-state index contributed by atoms with van der Waals surface area (Å²) in [7, 11) is 0. The van der Waals surface area contributed by atoms with Crippen molar-refractivity contribution in [2.24, 2.45) is 5.92 Å². The van der Waals surface area contributed by atoms with E-state index in [4.69, 9.17) is 0 Å². The van der Waals surface area contributed by atoms with Gasteiger partial charge in [-0.3, -0.25) is 14.6 Å². The maximum absolute atomic E-state index is 12.1. The molecule has 0 aromatic heterocycles. The lowest BCUT2D eigenvalue weighted by atomic mass is 9.95. The second-order valence-electron chi connectivity index (χ2n) is 7.38. The predicted octanol–water partition coefficient (Wildman–Crippen LogP) is 0.824. The lowest BCUT2D eigenvalue weighted by molar-refractivity contribution is -0.123. The molecule has 0 unspecified atom stereocenters. The van der Waals surface area contributed by atoms with Crippen LogP contribution >= 0.6 is 0 Å².